The van der Waals surface area contributed by atoms with Crippen LogP contribution in [0.3, 0.4) is 0 Å². The van der Waals surface area contributed by atoms with Crippen molar-refractivity contribution < 1.29 is 14.6 Å². The first-order chi connectivity index (χ1) is 12.3. The third kappa shape index (κ3) is 2.88. The van der Waals surface area contributed by atoms with Gasteiger partial charge in [-0.1, -0.05) is 24.3 Å². The maximum Gasteiger partial charge on any atom is 0.410 e. The summed E-state index contributed by atoms with van der Waals surface area (Å²) in [6, 6.07) is 8.20. The van der Waals surface area contributed by atoms with Crippen molar-refractivity contribution in [3.05, 3.63) is 42.4 Å². The third-order valence-electron chi connectivity index (χ3n) is 5.20. The lowest BCUT2D eigenvalue weighted by molar-refractivity contribution is -0.0158. The number of hydrogen-bond donors (Lipinski definition) is 1. The number of benzene rings is 1. The zero-order chi connectivity index (χ0) is 18.5. The molecule has 0 saturated carbocycles. The largest absolute Gasteiger partial charge is 0.444 e. The van der Waals surface area contributed by atoms with Crippen LogP contribution in [0.1, 0.15) is 38.8 Å². The first kappa shape index (κ1) is 17.1. The molecule has 2 aliphatic rings. The SMILES string of the molecule is CC(C)(C)OC(=O)N1CC[C@@H](O)[C@H]([C@@H]2c3ccccc3-c3cncn32)C1. The Morgan fingerprint density at radius 1 is 1.31 bits per heavy atom. The number of aliphatic hydroxyl groups excluding tert-OH is 1. The summed E-state index contributed by atoms with van der Waals surface area (Å²) in [6.45, 7) is 6.58. The van der Waals surface area contributed by atoms with Crippen LogP contribution in [0.15, 0.2) is 36.8 Å². The van der Waals surface area contributed by atoms with E-state index in [0.29, 0.717) is 19.5 Å². The highest BCUT2D eigenvalue weighted by Crippen LogP contribution is 2.45. The van der Waals surface area contributed by atoms with Crippen LogP contribution in [0.25, 0.3) is 11.3 Å². The Labute approximate surface area is 153 Å². The molecule has 6 heteroatoms. The van der Waals surface area contributed by atoms with Gasteiger partial charge in [-0.2, -0.15) is 0 Å². The van der Waals surface area contributed by atoms with E-state index in [1.165, 1.54) is 5.56 Å². The zero-order valence-electron chi connectivity index (χ0n) is 15.4. The van der Waals surface area contributed by atoms with Gasteiger partial charge in [-0.05, 0) is 32.8 Å². The van der Waals surface area contributed by atoms with Gasteiger partial charge in [0.15, 0.2) is 0 Å². The third-order valence-corrected chi connectivity index (χ3v) is 5.20. The lowest BCUT2D eigenvalue weighted by Gasteiger charge is -2.40. The van der Waals surface area contributed by atoms with Crippen LogP contribution in [0.4, 0.5) is 4.79 Å². The highest BCUT2D eigenvalue weighted by molar-refractivity contribution is 5.70. The van der Waals surface area contributed by atoms with Crippen molar-refractivity contribution >= 4 is 6.09 Å². The maximum atomic E-state index is 12.5. The van der Waals surface area contributed by atoms with Crippen LogP contribution in [0, 0.1) is 5.92 Å². The Bertz CT molecular complexity index is 824. The lowest BCUT2D eigenvalue weighted by Crippen LogP contribution is -2.49. The van der Waals surface area contributed by atoms with Crippen molar-refractivity contribution in [3.8, 4) is 11.3 Å². The number of nitrogens with zero attached hydrogens (tertiary/aromatic N) is 3. The van der Waals surface area contributed by atoms with Gasteiger partial charge in [0.1, 0.15) is 5.60 Å². The Kier molecular flexibility index (Phi) is 4.03. The average molecular weight is 355 g/mol. The predicted octanol–water partition coefficient (Wildman–Crippen LogP) is 3.07. The van der Waals surface area contributed by atoms with Crippen LogP contribution in [-0.4, -0.2) is 50.4 Å². The van der Waals surface area contributed by atoms with Gasteiger partial charge in [0.2, 0.25) is 0 Å². The first-order valence-corrected chi connectivity index (χ1v) is 9.12. The highest BCUT2D eigenvalue weighted by atomic mass is 16.6. The fraction of sp³-hybridized carbons (Fsp3) is 0.500. The van der Waals surface area contributed by atoms with Gasteiger partial charge < -0.3 is 19.3 Å². The number of piperidine rings is 1. The molecule has 1 aromatic heterocycles. The van der Waals surface area contributed by atoms with Crippen LogP contribution in [-0.2, 0) is 4.74 Å². The van der Waals surface area contributed by atoms with Crippen molar-refractivity contribution in [1.29, 1.82) is 0 Å². The Morgan fingerprint density at radius 3 is 2.85 bits per heavy atom. The second-order valence-corrected chi connectivity index (χ2v) is 8.16. The van der Waals surface area contributed by atoms with E-state index in [-0.39, 0.29) is 18.1 Å². The van der Waals surface area contributed by atoms with Crippen molar-refractivity contribution in [1.82, 2.24) is 14.5 Å². The second kappa shape index (κ2) is 6.13. The van der Waals surface area contributed by atoms with Gasteiger partial charge in [0, 0.05) is 24.6 Å². The van der Waals surface area contributed by atoms with Crippen LogP contribution in [0.2, 0.25) is 0 Å². The van der Waals surface area contributed by atoms with Gasteiger partial charge in [-0.3, -0.25) is 0 Å². The van der Waals surface area contributed by atoms with Gasteiger partial charge in [0.05, 0.1) is 30.4 Å². The minimum atomic E-state index is -0.528. The van der Waals surface area contributed by atoms with Gasteiger partial charge in [-0.25, -0.2) is 9.78 Å². The zero-order valence-corrected chi connectivity index (χ0v) is 15.4. The second-order valence-electron chi connectivity index (χ2n) is 8.16. The van der Waals surface area contributed by atoms with Crippen LogP contribution in [0.5, 0.6) is 0 Å². The van der Waals surface area contributed by atoms with Gasteiger partial charge in [-0.15, -0.1) is 0 Å². The minimum absolute atomic E-state index is 0.0241. The predicted molar refractivity (Wildman–Crippen MR) is 97.7 cm³/mol. The summed E-state index contributed by atoms with van der Waals surface area (Å²) >= 11 is 0. The topological polar surface area (TPSA) is 67.6 Å². The summed E-state index contributed by atoms with van der Waals surface area (Å²) in [5.41, 5.74) is 2.86. The molecule has 2 aliphatic heterocycles. The highest BCUT2D eigenvalue weighted by Gasteiger charge is 2.42. The van der Waals surface area contributed by atoms with Crippen molar-refractivity contribution in [3.63, 3.8) is 0 Å². The molecular formula is C20H25N3O3. The van der Waals surface area contributed by atoms with Crippen molar-refractivity contribution in [2.24, 2.45) is 5.92 Å². The molecule has 1 amide bonds. The Morgan fingerprint density at radius 2 is 2.08 bits per heavy atom. The van der Waals surface area contributed by atoms with E-state index in [0.717, 1.165) is 11.3 Å². The number of carbonyl (C=O) groups excluding carboxylic acids is 1. The number of ether oxygens (including phenoxy) is 1. The monoisotopic (exact) mass is 355 g/mol. The van der Waals surface area contributed by atoms with E-state index >= 15 is 0 Å². The number of fused-ring (bicyclic) bond motifs is 3. The molecule has 0 aliphatic carbocycles. The summed E-state index contributed by atoms with van der Waals surface area (Å²) in [5, 5.41) is 10.7. The number of hydrogen-bond acceptors (Lipinski definition) is 4. The molecule has 138 valence electrons. The molecule has 3 heterocycles. The standard InChI is InChI=1S/C20H25N3O3/c1-20(2,3)26-19(25)22-9-8-17(24)15(11-22)18-14-7-5-4-6-13(14)16-10-21-12-23(16)18/h4-7,10,12,15,17-18,24H,8-9,11H2,1-3H3/t15-,17-,18+/m1/s1. The van der Waals surface area contributed by atoms with E-state index in [2.05, 4.69) is 21.7 Å². The van der Waals surface area contributed by atoms with Crippen LogP contribution < -0.4 is 0 Å². The Balaban J connectivity index is 1.64. The van der Waals surface area contributed by atoms with Crippen LogP contribution >= 0.6 is 0 Å². The lowest BCUT2D eigenvalue weighted by atomic mass is 9.84. The molecular weight excluding hydrogens is 330 g/mol. The molecule has 0 spiro atoms. The number of carbonyl (C=O) groups is 1. The summed E-state index contributed by atoms with van der Waals surface area (Å²) in [7, 11) is 0. The first-order valence-electron chi connectivity index (χ1n) is 9.12. The summed E-state index contributed by atoms with van der Waals surface area (Å²) < 4.78 is 7.66. The molecule has 6 nitrogen and oxygen atoms in total. The molecule has 1 aromatic carbocycles. The van der Waals surface area contributed by atoms with Crippen molar-refractivity contribution in [2.75, 3.05) is 13.1 Å². The van der Waals surface area contributed by atoms with Crippen molar-refractivity contribution in [2.45, 2.75) is 44.9 Å². The molecule has 0 bridgehead atoms. The summed E-state index contributed by atoms with van der Waals surface area (Å²) in [4.78, 5) is 18.5. The summed E-state index contributed by atoms with van der Waals surface area (Å²) in [6.07, 6.45) is 3.44. The van der Waals surface area contributed by atoms with E-state index in [1.54, 1.807) is 4.90 Å². The smallest absolute Gasteiger partial charge is 0.410 e. The van der Waals surface area contributed by atoms with E-state index in [4.69, 9.17) is 4.74 Å². The quantitative estimate of drug-likeness (QED) is 0.854. The van der Waals surface area contributed by atoms with Gasteiger partial charge >= 0.3 is 6.09 Å². The molecule has 1 saturated heterocycles. The maximum absolute atomic E-state index is 12.5. The van der Waals surface area contributed by atoms with E-state index in [1.807, 2.05) is 45.4 Å². The average Bonchev–Trinajstić information content (AvgIpc) is 3.14. The fourth-order valence-electron chi connectivity index (χ4n) is 4.08. The summed E-state index contributed by atoms with van der Waals surface area (Å²) in [5.74, 6) is -0.104. The number of likely N-dealkylation sites (tertiary alicyclic amines) is 1. The minimum Gasteiger partial charge on any atom is -0.444 e. The molecule has 3 atom stereocenters. The molecule has 1 N–H and O–H groups in total. The molecule has 1 fully saturated rings. The molecule has 26 heavy (non-hydrogen) atoms. The number of rotatable bonds is 1. The molecule has 0 radical (unpaired) electrons. The molecule has 0 unspecified atom stereocenters. The number of aliphatic hydroxyl groups is 1. The number of amides is 1. The number of aromatic nitrogens is 2. The normalized spacial score (nSPS) is 24.9. The fourth-order valence-corrected chi connectivity index (χ4v) is 4.08. The molecule has 2 aromatic rings. The van der Waals surface area contributed by atoms with Gasteiger partial charge in [0.25, 0.3) is 0 Å². The number of imidazole rings is 1. The van der Waals surface area contributed by atoms with E-state index < -0.39 is 11.7 Å². The molecule has 4 rings (SSSR count). The van der Waals surface area contributed by atoms with E-state index in [9.17, 15) is 9.90 Å². The Hall–Kier alpha value is -2.34.